The topological polar surface area (TPSA) is 50.8 Å². The lowest BCUT2D eigenvalue weighted by Gasteiger charge is -2.29. The zero-order chi connectivity index (χ0) is 11.4. The van der Waals surface area contributed by atoms with Gasteiger partial charge in [0.1, 0.15) is 0 Å². The Hall–Kier alpha value is -1.06. The quantitative estimate of drug-likeness (QED) is 0.665. The van der Waals surface area contributed by atoms with Crippen molar-refractivity contribution >= 4 is 0 Å². The number of hydrogen-bond donors (Lipinski definition) is 0. The first-order valence-corrected chi connectivity index (χ1v) is 6.28. The van der Waals surface area contributed by atoms with Crippen molar-refractivity contribution in [1.82, 2.24) is 4.90 Å². The molecule has 0 spiro atoms. The van der Waals surface area contributed by atoms with Crippen molar-refractivity contribution in [2.24, 2.45) is 5.41 Å². The zero-order valence-electron chi connectivity index (χ0n) is 9.78. The van der Waals surface area contributed by atoms with Crippen molar-refractivity contribution < 1.29 is 0 Å². The number of rotatable bonds is 5. The second-order valence-corrected chi connectivity index (χ2v) is 5.34. The molecule has 0 saturated heterocycles. The fraction of sp³-hybridized carbons (Fsp3) is 0.846. The van der Waals surface area contributed by atoms with E-state index in [0.717, 1.165) is 6.54 Å². The zero-order valence-corrected chi connectivity index (χ0v) is 9.78. The fourth-order valence-electron chi connectivity index (χ4n) is 2.84. The predicted octanol–water partition coefficient (Wildman–Crippen LogP) is 2.45. The van der Waals surface area contributed by atoms with E-state index in [1.165, 1.54) is 38.5 Å². The van der Waals surface area contributed by atoms with E-state index >= 15 is 0 Å². The Kier molecular flexibility index (Phi) is 3.46. The van der Waals surface area contributed by atoms with Crippen LogP contribution in [0, 0.1) is 28.1 Å². The first-order valence-electron chi connectivity index (χ1n) is 6.28. The molecule has 0 bridgehead atoms. The van der Waals surface area contributed by atoms with Crippen molar-refractivity contribution in [3.63, 3.8) is 0 Å². The van der Waals surface area contributed by atoms with Crippen molar-refractivity contribution in [2.45, 2.75) is 51.0 Å². The van der Waals surface area contributed by atoms with E-state index in [9.17, 15) is 0 Å². The summed E-state index contributed by atoms with van der Waals surface area (Å²) in [5, 5.41) is 17.7. The first kappa shape index (κ1) is 11.4. The Bertz CT molecular complexity index is 313. The SMILES string of the molecule is N#CCN(CC1(CC#N)CC1)C1CCCC1. The van der Waals surface area contributed by atoms with Crippen molar-refractivity contribution in [2.75, 3.05) is 13.1 Å². The maximum atomic E-state index is 8.89. The monoisotopic (exact) mass is 217 g/mol. The van der Waals surface area contributed by atoms with Crippen LogP contribution < -0.4 is 0 Å². The highest BCUT2D eigenvalue weighted by Gasteiger charge is 2.44. The predicted molar refractivity (Wildman–Crippen MR) is 61.3 cm³/mol. The average molecular weight is 217 g/mol. The number of nitrogens with zero attached hydrogens (tertiary/aromatic N) is 3. The molecule has 0 atom stereocenters. The molecule has 0 radical (unpaired) electrons. The molecule has 0 aromatic carbocycles. The molecule has 3 nitrogen and oxygen atoms in total. The van der Waals surface area contributed by atoms with E-state index in [0.29, 0.717) is 19.0 Å². The molecule has 16 heavy (non-hydrogen) atoms. The second kappa shape index (κ2) is 4.85. The Labute approximate surface area is 97.7 Å². The third-order valence-electron chi connectivity index (χ3n) is 4.06. The minimum absolute atomic E-state index is 0.244. The van der Waals surface area contributed by atoms with Gasteiger partial charge in [-0.15, -0.1) is 0 Å². The molecule has 0 aromatic rings. The highest BCUT2D eigenvalue weighted by molar-refractivity contribution is 5.02. The van der Waals surface area contributed by atoms with Gasteiger partial charge < -0.3 is 0 Å². The van der Waals surface area contributed by atoms with Gasteiger partial charge in [-0.2, -0.15) is 10.5 Å². The van der Waals surface area contributed by atoms with Crippen LogP contribution in [0.1, 0.15) is 44.9 Å². The van der Waals surface area contributed by atoms with E-state index in [-0.39, 0.29) is 5.41 Å². The molecule has 2 saturated carbocycles. The smallest absolute Gasteiger partial charge is 0.0868 e. The molecule has 0 amide bonds. The van der Waals surface area contributed by atoms with Gasteiger partial charge in [0.2, 0.25) is 0 Å². The normalized spacial score (nSPS) is 22.9. The molecule has 2 rings (SSSR count). The van der Waals surface area contributed by atoms with E-state index < -0.39 is 0 Å². The van der Waals surface area contributed by atoms with E-state index in [1.807, 2.05) is 0 Å². The Morgan fingerprint density at radius 3 is 2.31 bits per heavy atom. The minimum Gasteiger partial charge on any atom is -0.287 e. The molecule has 0 aromatic heterocycles. The van der Waals surface area contributed by atoms with E-state index in [1.54, 1.807) is 0 Å². The summed E-state index contributed by atoms with van der Waals surface area (Å²) in [6.07, 6.45) is 8.11. The third-order valence-corrected chi connectivity index (χ3v) is 4.06. The summed E-state index contributed by atoms with van der Waals surface area (Å²) in [6.45, 7) is 1.51. The lowest BCUT2D eigenvalue weighted by molar-refractivity contribution is 0.180. The molecular weight excluding hydrogens is 198 g/mol. The van der Waals surface area contributed by atoms with Crippen LogP contribution in [0.2, 0.25) is 0 Å². The standard InChI is InChI=1S/C13H19N3/c14-8-7-13(5-6-13)11-16(10-9-15)12-3-1-2-4-12/h12H,1-7,10-11H2. The summed E-state index contributed by atoms with van der Waals surface area (Å²) < 4.78 is 0. The molecule has 0 N–H and O–H groups in total. The molecule has 2 fully saturated rings. The summed E-state index contributed by atoms with van der Waals surface area (Å²) >= 11 is 0. The molecule has 86 valence electrons. The van der Waals surface area contributed by atoms with Crippen LogP contribution >= 0.6 is 0 Å². The van der Waals surface area contributed by atoms with Gasteiger partial charge in [-0.25, -0.2) is 0 Å². The maximum absolute atomic E-state index is 8.89. The van der Waals surface area contributed by atoms with Gasteiger partial charge in [-0.3, -0.25) is 4.90 Å². The lowest BCUT2D eigenvalue weighted by atomic mass is 10.0. The van der Waals surface area contributed by atoms with Gasteiger partial charge in [0, 0.05) is 19.0 Å². The van der Waals surface area contributed by atoms with Crippen LogP contribution in [0.25, 0.3) is 0 Å². The summed E-state index contributed by atoms with van der Waals surface area (Å²) in [5.74, 6) is 0. The Morgan fingerprint density at radius 2 is 1.81 bits per heavy atom. The van der Waals surface area contributed by atoms with Crippen LogP contribution in [0.4, 0.5) is 0 Å². The van der Waals surface area contributed by atoms with Crippen molar-refractivity contribution in [1.29, 1.82) is 10.5 Å². The highest BCUT2D eigenvalue weighted by Crippen LogP contribution is 2.49. The highest BCUT2D eigenvalue weighted by atomic mass is 15.2. The molecular formula is C13H19N3. The number of nitriles is 2. The van der Waals surface area contributed by atoms with Crippen LogP contribution in [0.15, 0.2) is 0 Å². The Balaban J connectivity index is 1.92. The van der Waals surface area contributed by atoms with Crippen molar-refractivity contribution in [3.8, 4) is 12.1 Å². The molecule has 2 aliphatic rings. The van der Waals surface area contributed by atoms with Crippen molar-refractivity contribution in [3.05, 3.63) is 0 Å². The van der Waals surface area contributed by atoms with Gasteiger partial charge in [-0.05, 0) is 31.1 Å². The molecule has 0 heterocycles. The van der Waals surface area contributed by atoms with Gasteiger partial charge in [0.15, 0.2) is 0 Å². The van der Waals surface area contributed by atoms with Crippen LogP contribution in [-0.2, 0) is 0 Å². The second-order valence-electron chi connectivity index (χ2n) is 5.34. The van der Waals surface area contributed by atoms with Crippen LogP contribution in [-0.4, -0.2) is 24.0 Å². The maximum Gasteiger partial charge on any atom is 0.0868 e. The van der Waals surface area contributed by atoms with Gasteiger partial charge in [0.25, 0.3) is 0 Å². The molecule has 0 unspecified atom stereocenters. The average Bonchev–Trinajstić information content (AvgIpc) is 2.83. The number of hydrogen-bond acceptors (Lipinski definition) is 3. The van der Waals surface area contributed by atoms with Crippen LogP contribution in [0.3, 0.4) is 0 Å². The summed E-state index contributed by atoms with van der Waals surface area (Å²) in [6, 6.07) is 5.19. The summed E-state index contributed by atoms with van der Waals surface area (Å²) in [4.78, 5) is 2.33. The molecule has 2 aliphatic carbocycles. The third kappa shape index (κ3) is 2.54. The van der Waals surface area contributed by atoms with Gasteiger partial charge >= 0.3 is 0 Å². The lowest BCUT2D eigenvalue weighted by Crippen LogP contribution is -2.38. The van der Waals surface area contributed by atoms with Gasteiger partial charge in [-0.1, -0.05) is 12.8 Å². The molecule has 3 heteroatoms. The van der Waals surface area contributed by atoms with E-state index in [2.05, 4.69) is 17.0 Å². The molecule has 0 aliphatic heterocycles. The van der Waals surface area contributed by atoms with Gasteiger partial charge in [0.05, 0.1) is 18.7 Å². The minimum atomic E-state index is 0.244. The first-order chi connectivity index (χ1) is 7.79. The summed E-state index contributed by atoms with van der Waals surface area (Å²) in [5.41, 5.74) is 0.244. The summed E-state index contributed by atoms with van der Waals surface area (Å²) in [7, 11) is 0. The fourth-order valence-corrected chi connectivity index (χ4v) is 2.84. The van der Waals surface area contributed by atoms with E-state index in [4.69, 9.17) is 10.5 Å². The Morgan fingerprint density at radius 1 is 1.12 bits per heavy atom. The largest absolute Gasteiger partial charge is 0.287 e. The van der Waals surface area contributed by atoms with Crippen LogP contribution in [0.5, 0.6) is 0 Å².